The average molecular weight is 443 g/mol. The van der Waals surface area contributed by atoms with Crippen LogP contribution in [-0.4, -0.2) is 42.3 Å². The number of aromatic nitrogens is 5. The standard InChI is InChI=1S/C18H18F5N7O/c1-29-9-11(14(28-29)18(21,22)23)25-16(31)10-8-24-30-7-5-13(27-15(10)30)26-12-4-2-3-6-17(12,19)20/h5,7-9,12H,2-4,6H2,1H3,(H,25,31)(H,26,27)/t12-/m0/s1. The summed E-state index contributed by atoms with van der Waals surface area (Å²) < 4.78 is 69.8. The quantitative estimate of drug-likeness (QED) is 0.600. The lowest BCUT2D eigenvalue weighted by molar-refractivity contribution is -0.140. The molecule has 1 atom stereocenters. The predicted molar refractivity (Wildman–Crippen MR) is 100.0 cm³/mol. The fraction of sp³-hybridized carbons (Fsp3) is 0.444. The lowest BCUT2D eigenvalue weighted by Crippen LogP contribution is -2.42. The van der Waals surface area contributed by atoms with Crippen molar-refractivity contribution in [2.75, 3.05) is 10.6 Å². The molecule has 8 nitrogen and oxygen atoms in total. The van der Waals surface area contributed by atoms with Crippen molar-refractivity contribution in [3.8, 4) is 0 Å². The molecule has 1 aliphatic rings. The van der Waals surface area contributed by atoms with Crippen LogP contribution in [0.5, 0.6) is 0 Å². The summed E-state index contributed by atoms with van der Waals surface area (Å²) in [5.41, 5.74) is -1.86. The van der Waals surface area contributed by atoms with Gasteiger partial charge in [-0.1, -0.05) is 6.42 Å². The van der Waals surface area contributed by atoms with E-state index >= 15 is 0 Å². The van der Waals surface area contributed by atoms with E-state index in [0.29, 0.717) is 12.8 Å². The maximum Gasteiger partial charge on any atom is 0.437 e. The van der Waals surface area contributed by atoms with E-state index in [0.717, 1.165) is 17.1 Å². The van der Waals surface area contributed by atoms with Crippen molar-refractivity contribution in [2.24, 2.45) is 7.05 Å². The predicted octanol–water partition coefficient (Wildman–Crippen LogP) is 3.72. The Labute approximate surface area is 172 Å². The summed E-state index contributed by atoms with van der Waals surface area (Å²) >= 11 is 0. The van der Waals surface area contributed by atoms with Crippen molar-refractivity contribution < 1.29 is 26.7 Å². The third-order valence-electron chi connectivity index (χ3n) is 5.04. The number of fused-ring (bicyclic) bond motifs is 1. The van der Waals surface area contributed by atoms with Gasteiger partial charge < -0.3 is 10.6 Å². The van der Waals surface area contributed by atoms with Crippen LogP contribution in [0.25, 0.3) is 5.65 Å². The highest BCUT2D eigenvalue weighted by molar-refractivity contribution is 6.08. The number of carbonyl (C=O) groups is 1. The third kappa shape index (κ3) is 4.16. The third-order valence-corrected chi connectivity index (χ3v) is 5.04. The number of hydrogen-bond donors (Lipinski definition) is 2. The number of anilines is 2. The molecule has 13 heteroatoms. The Balaban J connectivity index is 1.60. The molecule has 4 rings (SSSR count). The molecule has 0 unspecified atom stereocenters. The summed E-state index contributed by atoms with van der Waals surface area (Å²) in [6.07, 6.45) is -0.0215. The summed E-state index contributed by atoms with van der Waals surface area (Å²) in [7, 11) is 1.29. The molecule has 3 aromatic rings. The Morgan fingerprint density at radius 3 is 2.77 bits per heavy atom. The lowest BCUT2D eigenvalue weighted by atomic mass is 9.91. The van der Waals surface area contributed by atoms with Crippen LogP contribution in [0.2, 0.25) is 0 Å². The highest BCUT2D eigenvalue weighted by Gasteiger charge is 2.41. The second-order valence-corrected chi connectivity index (χ2v) is 7.36. The SMILES string of the molecule is Cn1cc(NC(=O)c2cnn3ccc(N[C@H]4CCCCC4(F)F)nc23)c(C(F)(F)F)n1. The Hall–Kier alpha value is -3.25. The van der Waals surface area contributed by atoms with Gasteiger partial charge in [-0.2, -0.15) is 23.4 Å². The molecule has 1 aliphatic carbocycles. The second kappa shape index (κ2) is 7.46. The normalized spacial score (nSPS) is 18.8. The minimum Gasteiger partial charge on any atom is -0.361 e. The van der Waals surface area contributed by atoms with Crippen molar-refractivity contribution in [1.82, 2.24) is 24.4 Å². The van der Waals surface area contributed by atoms with Crippen molar-refractivity contribution in [3.63, 3.8) is 0 Å². The topological polar surface area (TPSA) is 89.1 Å². The van der Waals surface area contributed by atoms with E-state index < -0.39 is 35.4 Å². The molecule has 166 valence electrons. The van der Waals surface area contributed by atoms with E-state index in [-0.39, 0.29) is 29.9 Å². The van der Waals surface area contributed by atoms with Crippen molar-refractivity contribution in [2.45, 2.75) is 43.8 Å². The number of nitrogens with one attached hydrogen (secondary N) is 2. The molecule has 0 aliphatic heterocycles. The number of alkyl halides is 5. The molecule has 0 saturated heterocycles. The van der Waals surface area contributed by atoms with Crippen molar-refractivity contribution in [1.29, 1.82) is 0 Å². The summed E-state index contributed by atoms with van der Waals surface area (Å²) in [6, 6.07) is 0.344. The Kier molecular flexibility index (Phi) is 5.06. The Morgan fingerprint density at radius 1 is 1.29 bits per heavy atom. The first-order chi connectivity index (χ1) is 14.5. The van der Waals surface area contributed by atoms with Gasteiger partial charge in [0.25, 0.3) is 11.8 Å². The molecule has 1 fully saturated rings. The van der Waals surface area contributed by atoms with Gasteiger partial charge in [-0.25, -0.2) is 18.3 Å². The largest absolute Gasteiger partial charge is 0.437 e. The zero-order chi connectivity index (χ0) is 22.4. The molecule has 31 heavy (non-hydrogen) atoms. The monoisotopic (exact) mass is 443 g/mol. The maximum atomic E-state index is 14.1. The van der Waals surface area contributed by atoms with E-state index in [1.165, 1.54) is 23.8 Å². The van der Waals surface area contributed by atoms with Crippen LogP contribution in [0, 0.1) is 0 Å². The number of hydrogen-bond acceptors (Lipinski definition) is 5. The van der Waals surface area contributed by atoms with Gasteiger partial charge in [0, 0.05) is 25.9 Å². The van der Waals surface area contributed by atoms with Crippen molar-refractivity contribution >= 4 is 23.1 Å². The van der Waals surface area contributed by atoms with Gasteiger partial charge in [-0.05, 0) is 18.9 Å². The first-order valence-corrected chi connectivity index (χ1v) is 9.45. The van der Waals surface area contributed by atoms with E-state index in [1.54, 1.807) is 0 Å². The summed E-state index contributed by atoms with van der Waals surface area (Å²) in [5, 5.41) is 12.2. The fourth-order valence-electron chi connectivity index (χ4n) is 3.54. The van der Waals surface area contributed by atoms with Crippen LogP contribution >= 0.6 is 0 Å². The van der Waals surface area contributed by atoms with Gasteiger partial charge >= 0.3 is 6.18 Å². The molecular weight excluding hydrogens is 425 g/mol. The van der Waals surface area contributed by atoms with Crippen molar-refractivity contribution in [3.05, 3.63) is 35.9 Å². The van der Waals surface area contributed by atoms with Crippen LogP contribution in [-0.2, 0) is 13.2 Å². The average Bonchev–Trinajstić information content (AvgIpc) is 3.26. The van der Waals surface area contributed by atoms with Crippen LogP contribution in [0.15, 0.2) is 24.7 Å². The van der Waals surface area contributed by atoms with Gasteiger partial charge in [-0.3, -0.25) is 9.48 Å². The van der Waals surface area contributed by atoms with Gasteiger partial charge in [-0.15, -0.1) is 0 Å². The zero-order valence-corrected chi connectivity index (χ0v) is 16.2. The number of amides is 1. The highest BCUT2D eigenvalue weighted by Crippen LogP contribution is 2.35. The molecule has 0 radical (unpaired) electrons. The molecule has 1 saturated carbocycles. The van der Waals surface area contributed by atoms with Crippen LogP contribution in [0.1, 0.15) is 41.7 Å². The Bertz CT molecular complexity index is 1120. The lowest BCUT2D eigenvalue weighted by Gasteiger charge is -2.32. The first kappa shape index (κ1) is 21.0. The second-order valence-electron chi connectivity index (χ2n) is 7.36. The number of aryl methyl sites for hydroxylation is 1. The zero-order valence-electron chi connectivity index (χ0n) is 16.2. The van der Waals surface area contributed by atoms with Crippen LogP contribution < -0.4 is 10.6 Å². The number of nitrogens with zero attached hydrogens (tertiary/aromatic N) is 5. The molecule has 3 aromatic heterocycles. The minimum atomic E-state index is -4.76. The summed E-state index contributed by atoms with van der Waals surface area (Å²) in [5.74, 6) is -3.66. The molecule has 1 amide bonds. The van der Waals surface area contributed by atoms with Gasteiger partial charge in [0.05, 0.1) is 17.9 Å². The molecule has 3 heterocycles. The summed E-state index contributed by atoms with van der Waals surface area (Å²) in [4.78, 5) is 16.8. The highest BCUT2D eigenvalue weighted by atomic mass is 19.4. The number of halogens is 5. The first-order valence-electron chi connectivity index (χ1n) is 9.45. The molecule has 0 spiro atoms. The van der Waals surface area contributed by atoms with E-state index in [1.807, 2.05) is 0 Å². The number of rotatable bonds is 4. The van der Waals surface area contributed by atoms with E-state index in [2.05, 4.69) is 25.8 Å². The van der Waals surface area contributed by atoms with E-state index in [4.69, 9.17) is 0 Å². The van der Waals surface area contributed by atoms with Crippen LogP contribution in [0.4, 0.5) is 33.5 Å². The smallest absolute Gasteiger partial charge is 0.361 e. The molecular formula is C18H18F5N7O. The van der Waals surface area contributed by atoms with E-state index in [9.17, 15) is 26.7 Å². The fourth-order valence-corrected chi connectivity index (χ4v) is 3.54. The van der Waals surface area contributed by atoms with Gasteiger partial charge in [0.15, 0.2) is 11.3 Å². The minimum absolute atomic E-state index is 0.0130. The van der Waals surface area contributed by atoms with Gasteiger partial charge in [0.2, 0.25) is 0 Å². The maximum absolute atomic E-state index is 14.1. The van der Waals surface area contributed by atoms with Gasteiger partial charge in [0.1, 0.15) is 11.4 Å². The molecule has 0 aromatic carbocycles. The van der Waals surface area contributed by atoms with Crippen LogP contribution in [0.3, 0.4) is 0 Å². The molecule has 0 bridgehead atoms. The number of carbonyl (C=O) groups excluding carboxylic acids is 1. The summed E-state index contributed by atoms with van der Waals surface area (Å²) in [6.45, 7) is 0. The Morgan fingerprint density at radius 2 is 2.06 bits per heavy atom. The molecule has 2 N–H and O–H groups in total.